The van der Waals surface area contributed by atoms with Gasteiger partial charge in [0.05, 0.1) is 0 Å². The van der Waals surface area contributed by atoms with Crippen molar-refractivity contribution in [2.24, 2.45) is 0 Å². The lowest BCUT2D eigenvalue weighted by Crippen LogP contribution is -2.44. The monoisotopic (exact) mass is 196 g/mol. The molecular formula is C9H16N4O. The molecule has 5 heteroatoms. The van der Waals surface area contributed by atoms with Crippen LogP contribution >= 0.6 is 0 Å². The molecule has 0 amide bonds. The summed E-state index contributed by atoms with van der Waals surface area (Å²) < 4.78 is 1.62. The molecule has 1 aliphatic rings. The van der Waals surface area contributed by atoms with Gasteiger partial charge in [0.2, 0.25) is 0 Å². The molecule has 14 heavy (non-hydrogen) atoms. The highest BCUT2D eigenvalue weighted by Gasteiger charge is 2.18. The lowest BCUT2D eigenvalue weighted by atomic mass is 10.00. The van der Waals surface area contributed by atoms with Crippen LogP contribution in [0.1, 0.15) is 26.2 Å². The average Bonchev–Trinajstić information content (AvgIpc) is 2.52. The van der Waals surface area contributed by atoms with Gasteiger partial charge >= 0.3 is 5.69 Å². The van der Waals surface area contributed by atoms with Crippen LogP contribution in [0.25, 0.3) is 0 Å². The van der Waals surface area contributed by atoms with Gasteiger partial charge in [-0.2, -0.15) is 5.10 Å². The molecule has 0 aromatic carbocycles. The molecule has 2 rings (SSSR count). The van der Waals surface area contributed by atoms with E-state index in [2.05, 4.69) is 22.4 Å². The van der Waals surface area contributed by atoms with Crippen LogP contribution < -0.4 is 11.0 Å². The van der Waals surface area contributed by atoms with Gasteiger partial charge in [0, 0.05) is 18.6 Å². The molecule has 2 unspecified atom stereocenters. The van der Waals surface area contributed by atoms with Gasteiger partial charge in [0.1, 0.15) is 6.33 Å². The maximum absolute atomic E-state index is 11.2. The van der Waals surface area contributed by atoms with Crippen molar-refractivity contribution in [2.45, 2.75) is 44.8 Å². The van der Waals surface area contributed by atoms with Crippen molar-refractivity contribution >= 4 is 0 Å². The fourth-order valence-corrected chi connectivity index (χ4v) is 2.02. The number of rotatable bonds is 2. The Morgan fingerprint density at radius 1 is 1.64 bits per heavy atom. The van der Waals surface area contributed by atoms with Gasteiger partial charge in [-0.25, -0.2) is 9.89 Å². The van der Waals surface area contributed by atoms with Gasteiger partial charge in [-0.1, -0.05) is 6.42 Å². The fourth-order valence-electron chi connectivity index (χ4n) is 2.02. The predicted octanol–water partition coefficient (Wildman–Crippen LogP) is 0.102. The van der Waals surface area contributed by atoms with E-state index in [9.17, 15) is 4.79 Å². The molecule has 2 N–H and O–H groups in total. The number of nitrogens with one attached hydrogen (secondary N) is 2. The fraction of sp³-hybridized carbons (Fsp3) is 0.778. The number of aromatic nitrogens is 3. The van der Waals surface area contributed by atoms with Crippen LogP contribution in [-0.4, -0.2) is 26.8 Å². The summed E-state index contributed by atoms with van der Waals surface area (Å²) in [6.07, 6.45) is 5.17. The number of nitrogens with zero attached hydrogens (tertiary/aromatic N) is 2. The summed E-state index contributed by atoms with van der Waals surface area (Å²) in [6.45, 7) is 2.91. The average molecular weight is 196 g/mol. The quantitative estimate of drug-likeness (QED) is 0.705. The smallest absolute Gasteiger partial charge is 0.310 e. The predicted molar refractivity (Wildman–Crippen MR) is 53.1 cm³/mol. The van der Waals surface area contributed by atoms with E-state index in [-0.39, 0.29) is 5.69 Å². The van der Waals surface area contributed by atoms with Crippen LogP contribution in [0.2, 0.25) is 0 Å². The number of piperidine rings is 1. The lowest BCUT2D eigenvalue weighted by molar-refractivity contribution is 0.306. The largest absolute Gasteiger partial charge is 0.343 e. The van der Waals surface area contributed by atoms with E-state index in [0.717, 1.165) is 13.0 Å². The second kappa shape index (κ2) is 3.96. The molecule has 0 spiro atoms. The molecule has 1 aromatic rings. The summed E-state index contributed by atoms with van der Waals surface area (Å²) in [4.78, 5) is 11.2. The molecule has 1 aliphatic heterocycles. The highest BCUT2D eigenvalue weighted by atomic mass is 16.1. The van der Waals surface area contributed by atoms with E-state index in [0.29, 0.717) is 12.1 Å². The van der Waals surface area contributed by atoms with Crippen molar-refractivity contribution in [1.29, 1.82) is 0 Å². The Morgan fingerprint density at radius 2 is 2.50 bits per heavy atom. The molecular weight excluding hydrogens is 180 g/mol. The minimum Gasteiger partial charge on any atom is -0.310 e. The van der Waals surface area contributed by atoms with Crippen LogP contribution in [0.3, 0.4) is 0 Å². The molecule has 0 aliphatic carbocycles. The Labute approximate surface area is 82.5 Å². The third-order valence-electron chi connectivity index (χ3n) is 2.75. The Bertz CT molecular complexity index is 343. The number of hydrogen-bond donors (Lipinski definition) is 2. The second-order valence-corrected chi connectivity index (χ2v) is 4.01. The first kappa shape index (κ1) is 9.45. The molecule has 5 nitrogen and oxygen atoms in total. The van der Waals surface area contributed by atoms with Crippen molar-refractivity contribution in [3.8, 4) is 0 Å². The van der Waals surface area contributed by atoms with Crippen LogP contribution in [0, 0.1) is 0 Å². The van der Waals surface area contributed by atoms with E-state index < -0.39 is 0 Å². The van der Waals surface area contributed by atoms with E-state index >= 15 is 0 Å². The van der Waals surface area contributed by atoms with Gasteiger partial charge in [-0.15, -0.1) is 0 Å². The Morgan fingerprint density at radius 3 is 3.14 bits per heavy atom. The van der Waals surface area contributed by atoms with Gasteiger partial charge in [-0.3, -0.25) is 4.57 Å². The van der Waals surface area contributed by atoms with Crippen LogP contribution in [0.4, 0.5) is 0 Å². The second-order valence-electron chi connectivity index (χ2n) is 4.01. The molecule has 2 atom stereocenters. The van der Waals surface area contributed by atoms with Crippen molar-refractivity contribution in [2.75, 3.05) is 0 Å². The Kier molecular flexibility index (Phi) is 2.67. The van der Waals surface area contributed by atoms with E-state index in [1.165, 1.54) is 12.8 Å². The molecule has 1 saturated heterocycles. The summed E-state index contributed by atoms with van der Waals surface area (Å²) in [5, 5.41) is 9.58. The molecule has 0 radical (unpaired) electrons. The zero-order valence-electron chi connectivity index (χ0n) is 8.36. The summed E-state index contributed by atoms with van der Waals surface area (Å²) in [7, 11) is 0. The zero-order chi connectivity index (χ0) is 9.97. The van der Waals surface area contributed by atoms with Gasteiger partial charge < -0.3 is 5.32 Å². The number of H-pyrrole nitrogens is 1. The number of hydrogen-bond acceptors (Lipinski definition) is 3. The first-order chi connectivity index (χ1) is 6.75. The molecule has 0 bridgehead atoms. The maximum atomic E-state index is 11.2. The van der Waals surface area contributed by atoms with Crippen molar-refractivity contribution in [3.05, 3.63) is 16.8 Å². The van der Waals surface area contributed by atoms with Crippen LogP contribution in [-0.2, 0) is 6.54 Å². The summed E-state index contributed by atoms with van der Waals surface area (Å²) in [5.74, 6) is 0. The van der Waals surface area contributed by atoms with E-state index in [1.807, 2.05) is 0 Å². The molecule has 78 valence electrons. The normalized spacial score (nSPS) is 27.8. The van der Waals surface area contributed by atoms with Crippen molar-refractivity contribution in [1.82, 2.24) is 20.1 Å². The first-order valence-corrected chi connectivity index (χ1v) is 5.11. The third kappa shape index (κ3) is 2.04. The van der Waals surface area contributed by atoms with Crippen molar-refractivity contribution in [3.63, 3.8) is 0 Å². The number of aromatic amines is 1. The maximum Gasteiger partial charge on any atom is 0.343 e. The Hall–Kier alpha value is -1.10. The van der Waals surface area contributed by atoms with Gasteiger partial charge in [-0.05, 0) is 19.8 Å². The summed E-state index contributed by atoms with van der Waals surface area (Å²) >= 11 is 0. The van der Waals surface area contributed by atoms with E-state index in [1.54, 1.807) is 10.9 Å². The minimum atomic E-state index is -0.120. The molecule has 0 saturated carbocycles. The lowest BCUT2D eigenvalue weighted by Gasteiger charge is -2.28. The van der Waals surface area contributed by atoms with Gasteiger partial charge in [0.15, 0.2) is 0 Å². The van der Waals surface area contributed by atoms with Crippen LogP contribution in [0.5, 0.6) is 0 Å². The van der Waals surface area contributed by atoms with Gasteiger partial charge in [0.25, 0.3) is 0 Å². The molecule has 1 aromatic heterocycles. The van der Waals surface area contributed by atoms with Crippen molar-refractivity contribution < 1.29 is 0 Å². The zero-order valence-corrected chi connectivity index (χ0v) is 8.36. The SMILES string of the molecule is CC1CCCC(Cn2cn[nH]c2=O)N1. The Balaban J connectivity index is 1.97. The van der Waals surface area contributed by atoms with E-state index in [4.69, 9.17) is 0 Å². The summed E-state index contributed by atoms with van der Waals surface area (Å²) in [5.41, 5.74) is -0.120. The minimum absolute atomic E-state index is 0.120. The molecule has 1 fully saturated rings. The highest BCUT2D eigenvalue weighted by Crippen LogP contribution is 2.12. The topological polar surface area (TPSA) is 62.7 Å². The highest BCUT2D eigenvalue weighted by molar-refractivity contribution is 4.79. The summed E-state index contributed by atoms with van der Waals surface area (Å²) in [6, 6.07) is 0.977. The van der Waals surface area contributed by atoms with Crippen LogP contribution in [0.15, 0.2) is 11.1 Å². The first-order valence-electron chi connectivity index (χ1n) is 5.11. The standard InChI is InChI=1S/C9H16N4O/c1-7-3-2-4-8(11-7)5-13-6-10-12-9(13)14/h6-8,11H,2-5H2,1H3,(H,12,14). The third-order valence-corrected chi connectivity index (χ3v) is 2.75. The molecule has 2 heterocycles.